The summed E-state index contributed by atoms with van der Waals surface area (Å²) in [7, 11) is 1.53. The Morgan fingerprint density at radius 3 is 2.03 bits per heavy atom. The van der Waals surface area contributed by atoms with E-state index in [0.29, 0.717) is 22.6 Å². The molecule has 11 heteroatoms. The van der Waals surface area contributed by atoms with E-state index >= 15 is 0 Å². The molecular weight excluding hydrogens is 463 g/mol. The van der Waals surface area contributed by atoms with Crippen molar-refractivity contribution in [3.63, 3.8) is 0 Å². The van der Waals surface area contributed by atoms with E-state index in [0.717, 1.165) is 20.5 Å². The van der Waals surface area contributed by atoms with E-state index in [1.807, 2.05) is 0 Å². The lowest BCUT2D eigenvalue weighted by molar-refractivity contribution is -0.117. The Balaban J connectivity index is 1.59. The third-order valence-electron chi connectivity index (χ3n) is 4.94. The van der Waals surface area contributed by atoms with Gasteiger partial charge < -0.3 is 15.4 Å². The zero-order chi connectivity index (χ0) is 24.2. The van der Waals surface area contributed by atoms with E-state index in [2.05, 4.69) is 10.6 Å². The number of benzene rings is 2. The first-order chi connectivity index (χ1) is 16.4. The number of amides is 2. The van der Waals surface area contributed by atoms with Gasteiger partial charge >= 0.3 is 5.69 Å². The number of thiophene rings is 1. The zero-order valence-electron chi connectivity index (χ0n) is 17.9. The van der Waals surface area contributed by atoms with Crippen LogP contribution in [0.1, 0.15) is 0 Å². The maximum atomic E-state index is 13.1. The lowest BCUT2D eigenvalue weighted by atomic mass is 10.3. The number of hydrogen-bond donors (Lipinski definition) is 2. The average Bonchev–Trinajstić information content (AvgIpc) is 3.32. The fourth-order valence-electron chi connectivity index (χ4n) is 3.32. The first kappa shape index (κ1) is 22.9. The zero-order valence-corrected chi connectivity index (χ0v) is 18.7. The van der Waals surface area contributed by atoms with Crippen molar-refractivity contribution in [1.82, 2.24) is 9.13 Å². The molecule has 0 unspecified atom stereocenters. The molecule has 4 rings (SSSR count). The Morgan fingerprint density at radius 2 is 1.44 bits per heavy atom. The van der Waals surface area contributed by atoms with Gasteiger partial charge in [0.2, 0.25) is 11.8 Å². The van der Waals surface area contributed by atoms with Crippen LogP contribution in [0.5, 0.6) is 5.75 Å². The van der Waals surface area contributed by atoms with Gasteiger partial charge in [0, 0.05) is 11.4 Å². The number of hydrogen-bond acceptors (Lipinski definition) is 6. The third-order valence-corrected chi connectivity index (χ3v) is 5.83. The van der Waals surface area contributed by atoms with Gasteiger partial charge in [0.25, 0.3) is 5.56 Å². The van der Waals surface area contributed by atoms with E-state index in [9.17, 15) is 23.6 Å². The normalized spacial score (nSPS) is 10.8. The Morgan fingerprint density at radius 1 is 0.882 bits per heavy atom. The van der Waals surface area contributed by atoms with Crippen molar-refractivity contribution in [2.75, 3.05) is 17.7 Å². The number of aromatic nitrogens is 2. The summed E-state index contributed by atoms with van der Waals surface area (Å²) in [6.45, 7) is -0.930. The minimum absolute atomic E-state index is 0.242. The van der Waals surface area contributed by atoms with E-state index in [4.69, 9.17) is 4.74 Å². The lowest BCUT2D eigenvalue weighted by Gasteiger charge is -2.13. The van der Waals surface area contributed by atoms with Gasteiger partial charge in [-0.3, -0.25) is 19.0 Å². The Hall–Kier alpha value is -4.25. The molecule has 0 fully saturated rings. The fourth-order valence-corrected chi connectivity index (χ4v) is 4.16. The molecule has 0 aliphatic heterocycles. The molecule has 0 aliphatic rings. The minimum Gasteiger partial charge on any atom is -0.497 e. The lowest BCUT2D eigenvalue weighted by Crippen LogP contribution is -2.43. The second-order valence-corrected chi connectivity index (χ2v) is 8.14. The molecule has 2 aromatic carbocycles. The van der Waals surface area contributed by atoms with Crippen molar-refractivity contribution in [2.24, 2.45) is 0 Å². The molecule has 9 nitrogen and oxygen atoms in total. The molecule has 34 heavy (non-hydrogen) atoms. The van der Waals surface area contributed by atoms with Gasteiger partial charge in [0.1, 0.15) is 29.4 Å². The molecule has 174 valence electrons. The SMILES string of the molecule is COc1ccc(NC(=O)Cn2c(=O)n(CC(=O)Nc3ccc(F)cc3)c(=O)c3sccc32)cc1. The summed E-state index contributed by atoms with van der Waals surface area (Å²) in [5.41, 5.74) is -0.297. The highest BCUT2D eigenvalue weighted by molar-refractivity contribution is 7.17. The number of ether oxygens (including phenoxy) is 1. The standard InChI is InChI=1S/C23H19FN4O5S/c1-33-17-8-6-16(7-9-17)26-19(29)12-27-18-10-11-34-21(18)22(31)28(23(27)32)13-20(30)25-15-4-2-14(24)3-5-15/h2-11H,12-13H2,1H3,(H,25,30)(H,26,29). The van der Waals surface area contributed by atoms with Crippen LogP contribution in [0.2, 0.25) is 0 Å². The molecule has 0 spiro atoms. The fraction of sp³-hybridized carbons (Fsp3) is 0.130. The highest BCUT2D eigenvalue weighted by Crippen LogP contribution is 2.17. The number of nitrogens with one attached hydrogen (secondary N) is 2. The van der Waals surface area contributed by atoms with E-state index in [-0.39, 0.29) is 11.2 Å². The topological polar surface area (TPSA) is 111 Å². The number of carbonyl (C=O) groups excluding carboxylic acids is 2. The van der Waals surface area contributed by atoms with Crippen molar-refractivity contribution in [1.29, 1.82) is 0 Å². The predicted molar refractivity (Wildman–Crippen MR) is 127 cm³/mol. The van der Waals surface area contributed by atoms with Crippen molar-refractivity contribution in [3.8, 4) is 5.75 Å². The number of nitrogens with zero attached hydrogens (tertiary/aromatic N) is 2. The predicted octanol–water partition coefficient (Wildman–Crippen LogP) is 2.65. The van der Waals surface area contributed by atoms with Crippen LogP contribution in [-0.2, 0) is 22.7 Å². The van der Waals surface area contributed by atoms with Crippen molar-refractivity contribution in [3.05, 3.63) is 86.6 Å². The summed E-state index contributed by atoms with van der Waals surface area (Å²) in [5.74, 6) is -0.968. The van der Waals surface area contributed by atoms with Crippen LogP contribution in [0.25, 0.3) is 10.2 Å². The van der Waals surface area contributed by atoms with Gasteiger partial charge in [0.15, 0.2) is 0 Å². The Labute approximate surface area is 196 Å². The molecule has 0 bridgehead atoms. The molecule has 2 aromatic heterocycles. The summed E-state index contributed by atoms with van der Waals surface area (Å²) in [6, 6.07) is 13.3. The number of rotatable bonds is 7. The molecule has 0 saturated carbocycles. The van der Waals surface area contributed by atoms with Crippen LogP contribution in [0, 0.1) is 5.82 Å². The van der Waals surface area contributed by atoms with E-state index < -0.39 is 35.4 Å². The molecule has 0 radical (unpaired) electrons. The van der Waals surface area contributed by atoms with Crippen LogP contribution in [-0.4, -0.2) is 28.1 Å². The quantitative estimate of drug-likeness (QED) is 0.421. The summed E-state index contributed by atoms with van der Waals surface area (Å²) >= 11 is 1.11. The molecule has 2 N–H and O–H groups in total. The number of halogens is 1. The summed E-state index contributed by atoms with van der Waals surface area (Å²) in [4.78, 5) is 51.1. The summed E-state index contributed by atoms with van der Waals surface area (Å²) in [6.07, 6.45) is 0. The van der Waals surface area contributed by atoms with Gasteiger partial charge in [0.05, 0.1) is 12.6 Å². The van der Waals surface area contributed by atoms with Crippen molar-refractivity contribution < 1.29 is 18.7 Å². The summed E-state index contributed by atoms with van der Waals surface area (Å²) < 4.78 is 20.3. The average molecular weight is 482 g/mol. The second kappa shape index (κ2) is 9.71. The van der Waals surface area contributed by atoms with Crippen molar-refractivity contribution >= 4 is 44.7 Å². The van der Waals surface area contributed by atoms with Gasteiger partial charge in [-0.05, 0) is 60.0 Å². The Bertz CT molecular complexity index is 1470. The first-order valence-corrected chi connectivity index (χ1v) is 10.9. The largest absolute Gasteiger partial charge is 0.497 e. The van der Waals surface area contributed by atoms with Crippen LogP contribution in [0.3, 0.4) is 0 Å². The molecule has 0 atom stereocenters. The number of carbonyl (C=O) groups is 2. The van der Waals surface area contributed by atoms with Gasteiger partial charge in [-0.2, -0.15) is 0 Å². The molecule has 0 saturated heterocycles. The van der Waals surface area contributed by atoms with Crippen LogP contribution in [0.15, 0.2) is 69.6 Å². The monoisotopic (exact) mass is 482 g/mol. The Kier molecular flexibility index (Phi) is 6.55. The van der Waals surface area contributed by atoms with Crippen LogP contribution < -0.4 is 26.6 Å². The third kappa shape index (κ3) is 4.89. The minimum atomic E-state index is -0.796. The summed E-state index contributed by atoms with van der Waals surface area (Å²) in [5, 5.41) is 6.84. The first-order valence-electron chi connectivity index (χ1n) is 10.1. The molecule has 2 amide bonds. The molecule has 2 heterocycles. The highest BCUT2D eigenvalue weighted by atomic mass is 32.1. The molecule has 0 aliphatic carbocycles. The smallest absolute Gasteiger partial charge is 0.332 e. The van der Waals surface area contributed by atoms with E-state index in [1.165, 1.54) is 31.4 Å². The maximum Gasteiger partial charge on any atom is 0.332 e. The number of anilines is 2. The highest BCUT2D eigenvalue weighted by Gasteiger charge is 2.18. The molecular formula is C23H19FN4O5S. The van der Waals surface area contributed by atoms with Crippen LogP contribution in [0.4, 0.5) is 15.8 Å². The maximum absolute atomic E-state index is 13.1. The second-order valence-electron chi connectivity index (χ2n) is 7.23. The number of methoxy groups -OCH3 is 1. The van der Waals surface area contributed by atoms with E-state index in [1.54, 1.807) is 35.7 Å². The number of fused-ring (bicyclic) bond motifs is 1. The van der Waals surface area contributed by atoms with Crippen LogP contribution >= 0.6 is 11.3 Å². The van der Waals surface area contributed by atoms with Gasteiger partial charge in [-0.15, -0.1) is 11.3 Å². The van der Waals surface area contributed by atoms with Gasteiger partial charge in [-0.1, -0.05) is 0 Å². The van der Waals surface area contributed by atoms with Gasteiger partial charge in [-0.25, -0.2) is 13.8 Å². The molecule has 4 aromatic rings. The van der Waals surface area contributed by atoms with Crippen molar-refractivity contribution in [2.45, 2.75) is 13.1 Å².